The third-order valence-electron chi connectivity index (χ3n) is 2.20. The van der Waals surface area contributed by atoms with E-state index in [1.54, 1.807) is 20.8 Å². The fraction of sp³-hybridized carbons (Fsp3) is 0.500. The Morgan fingerprint density at radius 2 is 2.12 bits per heavy atom. The normalized spacial score (nSPS) is 11.2. The van der Waals surface area contributed by atoms with Gasteiger partial charge in [-0.1, -0.05) is 20.8 Å². The number of Topliss-reactive ketones (excluding diaryl/α,β-unsaturated/α-hetero) is 1. The Balaban J connectivity index is 3.07. The van der Waals surface area contributed by atoms with Crippen molar-refractivity contribution in [3.8, 4) is 0 Å². The van der Waals surface area contributed by atoms with Crippen molar-refractivity contribution >= 4 is 11.5 Å². The molecule has 0 fully saturated rings. The van der Waals surface area contributed by atoms with Crippen LogP contribution in [0, 0.1) is 15.5 Å². The van der Waals surface area contributed by atoms with Crippen molar-refractivity contribution in [2.75, 3.05) is 0 Å². The largest absolute Gasteiger partial charge is 0.348 e. The van der Waals surface area contributed by atoms with Crippen molar-refractivity contribution in [3.05, 3.63) is 33.0 Å². The molecule has 0 aliphatic carbocycles. The first-order valence-electron chi connectivity index (χ1n) is 4.96. The number of hydrogen-bond acceptors (Lipinski definition) is 5. The molecule has 0 aliphatic rings. The monoisotopic (exact) mass is 239 g/mol. The van der Waals surface area contributed by atoms with E-state index in [-0.39, 0.29) is 18.0 Å². The number of hydrogen-bond donors (Lipinski definition) is 0. The summed E-state index contributed by atoms with van der Waals surface area (Å²) in [5, 5.41) is 10.5. The molecule has 1 aromatic heterocycles. The maximum absolute atomic E-state index is 11.7. The number of rotatable bonds is 3. The van der Waals surface area contributed by atoms with Crippen LogP contribution in [0.4, 0.5) is 5.69 Å². The van der Waals surface area contributed by atoms with Crippen LogP contribution in [0.25, 0.3) is 0 Å². The summed E-state index contributed by atoms with van der Waals surface area (Å²) in [5.74, 6) is -0.193. The Hall–Kier alpha value is -2.05. The Labute approximate surface area is 97.2 Å². The number of carbonyl (C=O) groups is 1. The lowest BCUT2D eigenvalue weighted by atomic mass is 9.91. The van der Waals surface area contributed by atoms with E-state index in [4.69, 9.17) is 0 Å². The Morgan fingerprint density at radius 1 is 1.53 bits per heavy atom. The molecule has 0 aliphatic heterocycles. The summed E-state index contributed by atoms with van der Waals surface area (Å²) >= 11 is 0. The van der Waals surface area contributed by atoms with E-state index in [1.807, 2.05) is 0 Å². The van der Waals surface area contributed by atoms with Gasteiger partial charge in [0, 0.05) is 5.41 Å². The lowest BCUT2D eigenvalue weighted by Crippen LogP contribution is -2.31. The van der Waals surface area contributed by atoms with E-state index >= 15 is 0 Å². The van der Waals surface area contributed by atoms with Gasteiger partial charge in [-0.3, -0.25) is 19.5 Å². The molecule has 1 rings (SSSR count). The molecular formula is C10H13N3O4. The lowest BCUT2D eigenvalue weighted by Gasteiger charge is -2.16. The predicted octanol–water partition coefficient (Wildman–Crippen LogP) is 0.767. The van der Waals surface area contributed by atoms with E-state index in [9.17, 15) is 19.7 Å². The highest BCUT2D eigenvalue weighted by Gasteiger charge is 2.22. The Kier molecular flexibility index (Phi) is 3.40. The van der Waals surface area contributed by atoms with Gasteiger partial charge >= 0.3 is 11.4 Å². The van der Waals surface area contributed by atoms with Crippen molar-refractivity contribution in [3.63, 3.8) is 0 Å². The zero-order valence-electron chi connectivity index (χ0n) is 9.84. The zero-order valence-corrected chi connectivity index (χ0v) is 9.84. The standard InChI is InChI=1S/C10H13N3O4/c1-10(2,3)8(14)6-12-5-7(13(16)17)4-11-9(12)15/h4-5H,6H2,1-3H3. The third-order valence-corrected chi connectivity index (χ3v) is 2.20. The molecule has 0 atom stereocenters. The Bertz CT molecular complexity index is 513. The molecular weight excluding hydrogens is 226 g/mol. The summed E-state index contributed by atoms with van der Waals surface area (Å²) in [4.78, 5) is 36.2. The first-order chi connectivity index (χ1) is 7.71. The van der Waals surface area contributed by atoms with Crippen LogP contribution in [0.1, 0.15) is 20.8 Å². The van der Waals surface area contributed by atoms with Crippen molar-refractivity contribution in [1.29, 1.82) is 0 Å². The quantitative estimate of drug-likeness (QED) is 0.573. The average molecular weight is 239 g/mol. The minimum absolute atomic E-state index is 0.193. The number of nitrogens with zero attached hydrogens (tertiary/aromatic N) is 3. The van der Waals surface area contributed by atoms with E-state index in [0.717, 1.165) is 17.0 Å². The summed E-state index contributed by atoms with van der Waals surface area (Å²) < 4.78 is 0.950. The van der Waals surface area contributed by atoms with Gasteiger partial charge in [0.25, 0.3) is 0 Å². The van der Waals surface area contributed by atoms with Crippen LogP contribution in [-0.2, 0) is 11.3 Å². The molecule has 0 unspecified atom stereocenters. The van der Waals surface area contributed by atoms with Crippen LogP contribution < -0.4 is 5.69 Å². The third kappa shape index (κ3) is 3.20. The molecule has 1 aromatic rings. The van der Waals surface area contributed by atoms with Crippen LogP contribution in [0.15, 0.2) is 17.2 Å². The maximum Gasteiger partial charge on any atom is 0.348 e. The van der Waals surface area contributed by atoms with E-state index in [1.165, 1.54) is 0 Å². The van der Waals surface area contributed by atoms with E-state index < -0.39 is 16.0 Å². The molecule has 7 nitrogen and oxygen atoms in total. The second kappa shape index (κ2) is 4.44. The van der Waals surface area contributed by atoms with Crippen molar-refractivity contribution in [2.24, 2.45) is 5.41 Å². The van der Waals surface area contributed by atoms with Crippen LogP contribution in [0.2, 0.25) is 0 Å². The van der Waals surface area contributed by atoms with Gasteiger partial charge in [-0.15, -0.1) is 0 Å². The molecule has 0 saturated heterocycles. The molecule has 0 N–H and O–H groups in total. The summed E-state index contributed by atoms with van der Waals surface area (Å²) in [6.45, 7) is 4.93. The number of aromatic nitrogens is 2. The smallest absolute Gasteiger partial charge is 0.297 e. The minimum atomic E-state index is -0.673. The van der Waals surface area contributed by atoms with Gasteiger partial charge < -0.3 is 0 Å². The second-order valence-corrected chi connectivity index (χ2v) is 4.65. The number of ketones is 1. The lowest BCUT2D eigenvalue weighted by molar-refractivity contribution is -0.385. The zero-order chi connectivity index (χ0) is 13.2. The maximum atomic E-state index is 11.7. The minimum Gasteiger partial charge on any atom is -0.297 e. The van der Waals surface area contributed by atoms with Crippen LogP contribution in [-0.4, -0.2) is 20.3 Å². The molecule has 1 heterocycles. The van der Waals surface area contributed by atoms with Gasteiger partial charge in [-0.2, -0.15) is 4.98 Å². The van der Waals surface area contributed by atoms with Gasteiger partial charge in [0.2, 0.25) is 0 Å². The summed E-state index contributed by atoms with van der Waals surface area (Å²) in [7, 11) is 0. The molecule has 92 valence electrons. The summed E-state index contributed by atoms with van der Waals surface area (Å²) in [5.41, 5.74) is -1.59. The molecule has 7 heteroatoms. The van der Waals surface area contributed by atoms with Crippen molar-refractivity contribution in [2.45, 2.75) is 27.3 Å². The Morgan fingerprint density at radius 3 is 2.59 bits per heavy atom. The highest BCUT2D eigenvalue weighted by atomic mass is 16.6. The fourth-order valence-corrected chi connectivity index (χ4v) is 1.04. The molecule has 0 spiro atoms. The molecule has 17 heavy (non-hydrogen) atoms. The molecule has 0 amide bonds. The first-order valence-corrected chi connectivity index (χ1v) is 4.96. The SMILES string of the molecule is CC(C)(C)C(=O)Cn1cc([N+](=O)[O-])cnc1=O. The average Bonchev–Trinajstić information content (AvgIpc) is 2.19. The van der Waals surface area contributed by atoms with Gasteiger partial charge in [-0.25, -0.2) is 4.79 Å². The first kappa shape index (κ1) is 13.0. The number of carbonyl (C=O) groups excluding carboxylic acids is 1. The predicted molar refractivity (Wildman–Crippen MR) is 59.6 cm³/mol. The van der Waals surface area contributed by atoms with Gasteiger partial charge in [-0.05, 0) is 0 Å². The van der Waals surface area contributed by atoms with Crippen molar-refractivity contribution < 1.29 is 9.72 Å². The number of nitro groups is 1. The highest BCUT2D eigenvalue weighted by Crippen LogP contribution is 2.15. The summed E-state index contributed by atoms with van der Waals surface area (Å²) in [6.07, 6.45) is 1.90. The topological polar surface area (TPSA) is 95.1 Å². The van der Waals surface area contributed by atoms with Gasteiger partial charge in [0.1, 0.15) is 6.20 Å². The highest BCUT2D eigenvalue weighted by molar-refractivity contribution is 5.83. The molecule has 0 radical (unpaired) electrons. The van der Waals surface area contributed by atoms with E-state index in [0.29, 0.717) is 0 Å². The van der Waals surface area contributed by atoms with Crippen molar-refractivity contribution in [1.82, 2.24) is 9.55 Å². The van der Waals surface area contributed by atoms with Gasteiger partial charge in [0.15, 0.2) is 5.78 Å². The molecule has 0 bridgehead atoms. The van der Waals surface area contributed by atoms with Crippen LogP contribution in [0.3, 0.4) is 0 Å². The van der Waals surface area contributed by atoms with Crippen LogP contribution in [0.5, 0.6) is 0 Å². The van der Waals surface area contributed by atoms with E-state index in [2.05, 4.69) is 4.98 Å². The summed E-state index contributed by atoms with van der Waals surface area (Å²) in [6, 6.07) is 0. The van der Waals surface area contributed by atoms with Gasteiger partial charge in [0.05, 0.1) is 17.7 Å². The second-order valence-electron chi connectivity index (χ2n) is 4.65. The van der Waals surface area contributed by atoms with Crippen LogP contribution >= 0.6 is 0 Å². The fourth-order valence-electron chi connectivity index (χ4n) is 1.04. The molecule has 0 saturated carbocycles. The molecule has 0 aromatic carbocycles.